The predicted molar refractivity (Wildman–Crippen MR) is 128 cm³/mol. The third-order valence-corrected chi connectivity index (χ3v) is 5.76. The first kappa shape index (κ1) is 31.3. The van der Waals surface area contributed by atoms with Crippen LogP contribution in [0, 0.1) is 5.92 Å². The molecule has 33 heavy (non-hydrogen) atoms. The summed E-state index contributed by atoms with van der Waals surface area (Å²) in [6.45, 7) is 4.76. The van der Waals surface area contributed by atoms with E-state index in [0.29, 0.717) is 6.42 Å². The van der Waals surface area contributed by atoms with Crippen LogP contribution >= 0.6 is 0 Å². The van der Waals surface area contributed by atoms with Crippen LogP contribution in [0.15, 0.2) is 12.7 Å². The summed E-state index contributed by atoms with van der Waals surface area (Å²) in [4.78, 5) is 35.0. The van der Waals surface area contributed by atoms with Gasteiger partial charge in [-0.3, -0.25) is 4.79 Å². The van der Waals surface area contributed by atoms with Crippen LogP contribution in [0.5, 0.6) is 0 Å². The summed E-state index contributed by atoms with van der Waals surface area (Å²) < 4.78 is 9.60. The highest BCUT2D eigenvalue weighted by atomic mass is 16.6. The first-order chi connectivity index (χ1) is 16.0. The van der Waals surface area contributed by atoms with Crippen molar-refractivity contribution in [2.24, 2.45) is 5.92 Å². The lowest BCUT2D eigenvalue weighted by molar-refractivity contribution is -0.170. The van der Waals surface area contributed by atoms with Crippen molar-refractivity contribution in [1.29, 1.82) is 0 Å². The molecule has 2 N–H and O–H groups in total. The molecule has 0 saturated heterocycles. The van der Waals surface area contributed by atoms with E-state index in [1.165, 1.54) is 70.6 Å². The van der Waals surface area contributed by atoms with Crippen LogP contribution in [0.2, 0.25) is 0 Å². The molecule has 0 rings (SSSR count). The minimum atomic E-state index is -1.74. The van der Waals surface area contributed by atoms with Crippen LogP contribution in [0.3, 0.4) is 0 Å². The Kier molecular flexibility index (Phi) is 20.9. The Hall–Kier alpha value is -1.73. The second-order valence-electron chi connectivity index (χ2n) is 8.68. The van der Waals surface area contributed by atoms with Crippen molar-refractivity contribution in [2.75, 3.05) is 13.2 Å². The fraction of sp³-hybridized carbons (Fsp3) is 0.808. The monoisotopic (exact) mass is 470 g/mol. The summed E-state index contributed by atoms with van der Waals surface area (Å²) >= 11 is 0. The van der Waals surface area contributed by atoms with Gasteiger partial charge in [-0.1, -0.05) is 103 Å². The summed E-state index contributed by atoms with van der Waals surface area (Å²) in [5.41, 5.74) is 0. The van der Waals surface area contributed by atoms with Gasteiger partial charge in [-0.2, -0.15) is 0 Å². The van der Waals surface area contributed by atoms with E-state index < -0.39 is 36.5 Å². The fourth-order valence-electron chi connectivity index (χ4n) is 3.65. The average molecular weight is 471 g/mol. The molecular weight excluding hydrogens is 424 g/mol. The van der Waals surface area contributed by atoms with Gasteiger partial charge in [-0.15, -0.1) is 0 Å². The number of carbonyl (C=O) groups excluding carboxylic acids is 3. The Morgan fingerprint density at radius 2 is 1.27 bits per heavy atom. The fourth-order valence-corrected chi connectivity index (χ4v) is 3.65. The molecule has 2 unspecified atom stereocenters. The van der Waals surface area contributed by atoms with Crippen LogP contribution < -0.4 is 0 Å². The number of hydrogen-bond donors (Lipinski definition) is 2. The Bertz CT molecular complexity index is 533. The zero-order valence-electron chi connectivity index (χ0n) is 20.6. The van der Waals surface area contributed by atoms with E-state index in [0.717, 1.165) is 25.3 Å². The smallest absolute Gasteiger partial charge is 0.345 e. The molecule has 0 saturated carbocycles. The van der Waals surface area contributed by atoms with Crippen molar-refractivity contribution in [3.05, 3.63) is 12.7 Å². The minimum absolute atomic E-state index is 0.0139. The van der Waals surface area contributed by atoms with E-state index in [9.17, 15) is 19.5 Å². The van der Waals surface area contributed by atoms with Gasteiger partial charge in [0.05, 0.1) is 19.1 Å². The van der Waals surface area contributed by atoms with Crippen LogP contribution in [0.4, 0.5) is 0 Å². The zero-order valence-corrected chi connectivity index (χ0v) is 20.6. The Morgan fingerprint density at radius 1 is 0.788 bits per heavy atom. The predicted octanol–water partition coefficient (Wildman–Crippen LogP) is 5.02. The molecule has 0 amide bonds. The molecule has 0 aromatic heterocycles. The number of aliphatic hydroxyl groups is 2. The van der Waals surface area contributed by atoms with Gasteiger partial charge in [0, 0.05) is 6.08 Å². The third kappa shape index (κ3) is 18.4. The van der Waals surface area contributed by atoms with Gasteiger partial charge in [-0.25, -0.2) is 9.59 Å². The largest absolute Gasteiger partial charge is 0.463 e. The number of unbranched alkanes of at least 4 members (excludes halogenated alkanes) is 13. The first-order valence-electron chi connectivity index (χ1n) is 12.8. The lowest BCUT2D eigenvalue weighted by atomic mass is 9.97. The number of esters is 3. The van der Waals surface area contributed by atoms with E-state index in [-0.39, 0.29) is 13.0 Å². The third-order valence-electron chi connectivity index (χ3n) is 5.76. The van der Waals surface area contributed by atoms with Crippen LogP contribution in [-0.4, -0.2) is 47.4 Å². The summed E-state index contributed by atoms with van der Waals surface area (Å²) in [6, 6.07) is 0. The maximum Gasteiger partial charge on any atom is 0.345 e. The summed E-state index contributed by atoms with van der Waals surface area (Å²) in [5, 5.41) is 18.1. The van der Waals surface area contributed by atoms with E-state index in [4.69, 9.17) is 9.84 Å². The minimum Gasteiger partial charge on any atom is -0.463 e. The van der Waals surface area contributed by atoms with Gasteiger partial charge in [0.25, 0.3) is 0 Å². The highest BCUT2D eigenvalue weighted by Gasteiger charge is 2.26. The van der Waals surface area contributed by atoms with Crippen molar-refractivity contribution in [1.82, 2.24) is 0 Å². The second-order valence-corrected chi connectivity index (χ2v) is 8.68. The molecule has 0 aromatic rings. The molecule has 7 nitrogen and oxygen atoms in total. The van der Waals surface area contributed by atoms with Crippen LogP contribution in [0.1, 0.15) is 110 Å². The molecule has 192 valence electrons. The first-order valence-corrected chi connectivity index (χ1v) is 12.8. The lowest BCUT2D eigenvalue weighted by Crippen LogP contribution is -2.31. The lowest BCUT2D eigenvalue weighted by Gasteiger charge is -2.16. The molecule has 0 bridgehead atoms. The number of hydrogen-bond acceptors (Lipinski definition) is 7. The van der Waals surface area contributed by atoms with E-state index >= 15 is 0 Å². The summed E-state index contributed by atoms with van der Waals surface area (Å²) in [7, 11) is 0. The highest BCUT2D eigenvalue weighted by Crippen LogP contribution is 2.18. The second kappa shape index (κ2) is 22.1. The van der Waals surface area contributed by atoms with Gasteiger partial charge in [-0.05, 0) is 12.8 Å². The standard InChI is InChI=1S/C26H46O7/c1-3-5-6-7-8-9-10-11-12-13-14-15-16-17-18-22(19-20-32-24(29)4-2)25(30)33-26(31)23(28)21-27/h4,22-23,27-28H,2-3,5-21H2,1H3. The highest BCUT2D eigenvalue weighted by molar-refractivity contribution is 5.89. The topological polar surface area (TPSA) is 110 Å². The molecule has 0 heterocycles. The number of ether oxygens (including phenoxy) is 2. The van der Waals surface area contributed by atoms with Crippen LogP contribution in [0.25, 0.3) is 0 Å². The van der Waals surface area contributed by atoms with E-state index in [1.807, 2.05) is 0 Å². The molecule has 0 aromatic carbocycles. The van der Waals surface area contributed by atoms with Gasteiger partial charge in [0.15, 0.2) is 6.10 Å². The number of rotatable bonds is 22. The molecule has 0 spiro atoms. The molecule has 0 aliphatic heterocycles. The molecular formula is C26H46O7. The van der Waals surface area contributed by atoms with Crippen LogP contribution in [-0.2, 0) is 23.9 Å². The summed E-state index contributed by atoms with van der Waals surface area (Å²) in [6.07, 6.45) is 17.3. The molecule has 0 radical (unpaired) electrons. The molecule has 2 atom stereocenters. The SMILES string of the molecule is C=CC(=O)OCCC(CCCCCCCCCCCCCCCC)C(=O)OC(=O)C(O)CO. The van der Waals surface area contributed by atoms with Crippen molar-refractivity contribution in [3.63, 3.8) is 0 Å². The molecule has 0 aliphatic rings. The van der Waals surface area contributed by atoms with E-state index in [1.54, 1.807) is 0 Å². The zero-order chi connectivity index (χ0) is 24.7. The van der Waals surface area contributed by atoms with Crippen molar-refractivity contribution in [2.45, 2.75) is 116 Å². The molecule has 0 fully saturated rings. The Labute approximate surface area is 199 Å². The average Bonchev–Trinajstić information content (AvgIpc) is 2.82. The normalized spacial score (nSPS) is 12.7. The molecule has 7 heteroatoms. The number of aliphatic hydroxyl groups excluding tert-OH is 2. The maximum atomic E-state index is 12.3. The Morgan fingerprint density at radius 3 is 1.73 bits per heavy atom. The van der Waals surface area contributed by atoms with E-state index in [2.05, 4.69) is 18.2 Å². The van der Waals surface area contributed by atoms with Gasteiger partial charge in [0.2, 0.25) is 0 Å². The van der Waals surface area contributed by atoms with Gasteiger partial charge < -0.3 is 19.7 Å². The van der Waals surface area contributed by atoms with Crippen molar-refractivity contribution in [3.8, 4) is 0 Å². The van der Waals surface area contributed by atoms with Gasteiger partial charge in [0.1, 0.15) is 0 Å². The van der Waals surface area contributed by atoms with Crippen molar-refractivity contribution < 1.29 is 34.1 Å². The van der Waals surface area contributed by atoms with Crippen molar-refractivity contribution >= 4 is 17.9 Å². The molecule has 0 aliphatic carbocycles. The quantitative estimate of drug-likeness (QED) is 0.0989. The van der Waals surface area contributed by atoms with Gasteiger partial charge >= 0.3 is 17.9 Å². The Balaban J connectivity index is 4.02. The summed E-state index contributed by atoms with van der Waals surface area (Å²) in [5.74, 6) is -3.13. The number of carbonyl (C=O) groups is 3. The maximum absolute atomic E-state index is 12.3.